The van der Waals surface area contributed by atoms with Crippen molar-refractivity contribution in [1.29, 1.82) is 0 Å². The maximum atomic E-state index is 12.7. The number of carbonyl (C=O) groups excluding carboxylic acids is 1. The monoisotopic (exact) mass is 385 g/mol. The minimum absolute atomic E-state index is 0.113. The zero-order valence-corrected chi connectivity index (χ0v) is 16.4. The highest BCUT2D eigenvalue weighted by Gasteiger charge is 2.21. The molecule has 0 radical (unpaired) electrons. The molecule has 3 rings (SSSR count). The van der Waals surface area contributed by atoms with Crippen LogP contribution >= 0.6 is 11.8 Å². The fourth-order valence-corrected chi connectivity index (χ4v) is 3.41. The molecule has 3 N–H and O–H groups in total. The number of hydrogen-bond donors (Lipinski definition) is 2. The first-order valence-corrected chi connectivity index (χ1v) is 9.70. The third kappa shape index (κ3) is 4.16. The van der Waals surface area contributed by atoms with Gasteiger partial charge in [0.1, 0.15) is 0 Å². The molecule has 7 nitrogen and oxygen atoms in total. The fraction of sp³-hybridized carbons (Fsp3) is 0.316. The molecule has 8 heteroatoms. The highest BCUT2D eigenvalue weighted by Crippen LogP contribution is 2.29. The number of hydrogen-bond acceptors (Lipinski definition) is 6. The van der Waals surface area contributed by atoms with Crippen LogP contribution in [0.15, 0.2) is 52.2 Å². The Morgan fingerprint density at radius 1 is 1.26 bits per heavy atom. The van der Waals surface area contributed by atoms with Gasteiger partial charge in [-0.1, -0.05) is 43.8 Å². The molecule has 0 aliphatic rings. The van der Waals surface area contributed by atoms with E-state index in [1.165, 1.54) is 16.4 Å². The largest absolute Gasteiger partial charge is 0.461 e. The number of nitrogens with two attached hydrogens (primary N) is 1. The van der Waals surface area contributed by atoms with Gasteiger partial charge in [0.05, 0.1) is 11.5 Å². The molecule has 0 fully saturated rings. The van der Waals surface area contributed by atoms with Crippen molar-refractivity contribution in [2.45, 2.75) is 43.5 Å². The van der Waals surface area contributed by atoms with Gasteiger partial charge < -0.3 is 15.6 Å². The zero-order valence-electron chi connectivity index (χ0n) is 15.5. The predicted octanol–water partition coefficient (Wildman–Crippen LogP) is 3.88. The predicted molar refractivity (Wildman–Crippen MR) is 107 cm³/mol. The summed E-state index contributed by atoms with van der Waals surface area (Å²) in [5.74, 6) is 7.25. The van der Waals surface area contributed by atoms with E-state index in [-0.39, 0.29) is 5.91 Å². The van der Waals surface area contributed by atoms with E-state index in [0.29, 0.717) is 22.7 Å². The normalized spacial score (nSPS) is 13.3. The first-order valence-electron chi connectivity index (χ1n) is 8.82. The Kier molecular flexibility index (Phi) is 5.85. The van der Waals surface area contributed by atoms with E-state index in [0.717, 1.165) is 17.7 Å². The number of amides is 1. The molecule has 0 aliphatic carbocycles. The van der Waals surface area contributed by atoms with Crippen LogP contribution in [0.1, 0.15) is 38.7 Å². The van der Waals surface area contributed by atoms with Gasteiger partial charge in [-0.3, -0.25) is 4.79 Å². The molecule has 0 saturated heterocycles. The number of nitrogens with zero attached hydrogens (tertiary/aromatic N) is 3. The lowest BCUT2D eigenvalue weighted by Gasteiger charge is -2.17. The van der Waals surface area contributed by atoms with Gasteiger partial charge in [0, 0.05) is 5.69 Å². The summed E-state index contributed by atoms with van der Waals surface area (Å²) >= 11 is 1.25. The van der Waals surface area contributed by atoms with Crippen LogP contribution in [0.25, 0.3) is 11.6 Å². The van der Waals surface area contributed by atoms with E-state index in [4.69, 9.17) is 10.3 Å². The average molecular weight is 385 g/mol. The molecule has 0 spiro atoms. The smallest absolute Gasteiger partial charge is 0.237 e. The topological polar surface area (TPSA) is 99.0 Å². The number of benzene rings is 1. The van der Waals surface area contributed by atoms with Crippen LogP contribution in [0, 0.1) is 0 Å². The number of nitrogens with one attached hydrogen (secondary N) is 1. The molecule has 0 saturated carbocycles. The van der Waals surface area contributed by atoms with Gasteiger partial charge in [-0.25, -0.2) is 4.68 Å². The Hall–Kier alpha value is -2.74. The molecule has 2 heterocycles. The number of rotatable bonds is 7. The minimum Gasteiger partial charge on any atom is -0.461 e. The molecule has 0 aliphatic heterocycles. The number of anilines is 1. The fourth-order valence-electron chi connectivity index (χ4n) is 2.64. The maximum absolute atomic E-state index is 12.7. The lowest BCUT2D eigenvalue weighted by atomic mass is 9.97. The molecular weight excluding hydrogens is 362 g/mol. The maximum Gasteiger partial charge on any atom is 0.237 e. The summed E-state index contributed by atoms with van der Waals surface area (Å²) in [4.78, 5) is 12.7. The van der Waals surface area contributed by atoms with Crippen LogP contribution in [-0.2, 0) is 4.79 Å². The van der Waals surface area contributed by atoms with Crippen molar-refractivity contribution in [3.8, 4) is 11.6 Å². The lowest BCUT2D eigenvalue weighted by Crippen LogP contribution is -2.24. The summed E-state index contributed by atoms with van der Waals surface area (Å²) in [7, 11) is 0. The summed E-state index contributed by atoms with van der Waals surface area (Å²) in [6.45, 7) is 6.09. The highest BCUT2D eigenvalue weighted by atomic mass is 32.2. The molecule has 27 heavy (non-hydrogen) atoms. The van der Waals surface area contributed by atoms with Crippen LogP contribution in [0.4, 0.5) is 5.69 Å². The van der Waals surface area contributed by atoms with Crippen molar-refractivity contribution >= 4 is 23.4 Å². The Morgan fingerprint density at radius 2 is 2.04 bits per heavy atom. The quantitative estimate of drug-likeness (QED) is 0.473. The number of carbonyl (C=O) groups is 1. The molecule has 1 aromatic carbocycles. The van der Waals surface area contributed by atoms with Crippen molar-refractivity contribution in [2.75, 3.05) is 11.2 Å². The second-order valence-electron chi connectivity index (χ2n) is 6.30. The number of furan rings is 1. The van der Waals surface area contributed by atoms with Gasteiger partial charge >= 0.3 is 0 Å². The van der Waals surface area contributed by atoms with Gasteiger partial charge in [-0.2, -0.15) is 0 Å². The molecule has 142 valence electrons. The second kappa shape index (κ2) is 8.30. The standard InChI is InChI=1S/C19H23N5O2S/c1-4-12(2)14-8-5-6-9-15(14)21-18(25)13(3)27-19-23-22-17(24(19)20)16-10-7-11-26-16/h5-13H,4,20H2,1-3H3,(H,21,25)/t12-,13+/m1/s1. The van der Waals surface area contributed by atoms with Crippen molar-refractivity contribution in [3.63, 3.8) is 0 Å². The van der Waals surface area contributed by atoms with E-state index in [1.807, 2.05) is 31.2 Å². The van der Waals surface area contributed by atoms with Crippen LogP contribution in [-0.4, -0.2) is 26.0 Å². The van der Waals surface area contributed by atoms with Gasteiger partial charge in [0.25, 0.3) is 0 Å². The molecule has 0 unspecified atom stereocenters. The van der Waals surface area contributed by atoms with E-state index >= 15 is 0 Å². The number of aromatic nitrogens is 3. The van der Waals surface area contributed by atoms with Crippen LogP contribution in [0.3, 0.4) is 0 Å². The van der Waals surface area contributed by atoms with Crippen molar-refractivity contribution in [2.24, 2.45) is 0 Å². The number of thioether (sulfide) groups is 1. The first-order chi connectivity index (χ1) is 13.0. The Bertz CT molecular complexity index is 907. The van der Waals surface area contributed by atoms with E-state index in [9.17, 15) is 4.79 Å². The SMILES string of the molecule is CC[C@@H](C)c1ccccc1NC(=O)[C@H](C)Sc1nnc(-c2ccco2)n1N. The van der Waals surface area contributed by atoms with Crippen molar-refractivity contribution in [3.05, 3.63) is 48.2 Å². The van der Waals surface area contributed by atoms with Crippen LogP contribution in [0.5, 0.6) is 0 Å². The van der Waals surface area contributed by atoms with Gasteiger partial charge in [-0.05, 0) is 43.0 Å². The molecule has 0 bridgehead atoms. The third-order valence-electron chi connectivity index (χ3n) is 4.42. The summed E-state index contributed by atoms with van der Waals surface area (Å²) in [5.41, 5.74) is 1.97. The second-order valence-corrected chi connectivity index (χ2v) is 7.61. The Balaban J connectivity index is 1.71. The van der Waals surface area contributed by atoms with Gasteiger partial charge in [0.2, 0.25) is 16.9 Å². The Morgan fingerprint density at radius 3 is 2.74 bits per heavy atom. The summed E-state index contributed by atoms with van der Waals surface area (Å²) in [6, 6.07) is 11.4. The molecule has 1 amide bonds. The number of nitrogen functional groups attached to an aromatic ring is 1. The summed E-state index contributed by atoms with van der Waals surface area (Å²) in [5, 5.41) is 11.2. The lowest BCUT2D eigenvalue weighted by molar-refractivity contribution is -0.115. The molecular formula is C19H23N5O2S. The molecule has 2 atom stereocenters. The molecule has 2 aromatic heterocycles. The first kappa shape index (κ1) is 19.0. The summed E-state index contributed by atoms with van der Waals surface area (Å²) < 4.78 is 6.63. The average Bonchev–Trinajstić information content (AvgIpc) is 3.32. The van der Waals surface area contributed by atoms with Crippen molar-refractivity contribution < 1.29 is 9.21 Å². The van der Waals surface area contributed by atoms with E-state index in [2.05, 4.69) is 29.4 Å². The number of para-hydroxylation sites is 1. The van der Waals surface area contributed by atoms with Crippen molar-refractivity contribution in [1.82, 2.24) is 14.9 Å². The minimum atomic E-state index is -0.397. The third-order valence-corrected chi connectivity index (χ3v) is 5.48. The van der Waals surface area contributed by atoms with Gasteiger partial charge in [0.15, 0.2) is 5.76 Å². The molecule has 3 aromatic rings. The van der Waals surface area contributed by atoms with Gasteiger partial charge in [-0.15, -0.1) is 10.2 Å². The van der Waals surface area contributed by atoms with E-state index in [1.54, 1.807) is 18.4 Å². The van der Waals surface area contributed by atoms with E-state index < -0.39 is 5.25 Å². The Labute approximate surface area is 162 Å². The van der Waals surface area contributed by atoms with Crippen LogP contribution in [0.2, 0.25) is 0 Å². The summed E-state index contributed by atoms with van der Waals surface area (Å²) in [6.07, 6.45) is 2.55. The van der Waals surface area contributed by atoms with Crippen LogP contribution < -0.4 is 11.2 Å². The zero-order chi connectivity index (χ0) is 19.4. The highest BCUT2D eigenvalue weighted by molar-refractivity contribution is 8.00.